The number of carbonyl (C=O) groups is 1. The molecule has 4 aliphatic rings. The van der Waals surface area contributed by atoms with Gasteiger partial charge in [0, 0.05) is 5.92 Å². The molecule has 0 aromatic carbocycles. The molecule has 0 aliphatic heterocycles. The second-order valence-electron chi connectivity index (χ2n) is 9.57. The van der Waals surface area contributed by atoms with Crippen molar-refractivity contribution in [2.45, 2.75) is 77.9 Å². The molecule has 6 unspecified atom stereocenters. The number of carbonyl (C=O) groups excluding carboxylic acids is 1. The summed E-state index contributed by atoms with van der Waals surface area (Å²) in [4.78, 5) is 12.2. The SMILES string of the molecule is CC(=O)C1CCC2C3C(CCC12C)C1(C)CC[C@H](O)CC1=C[C@H]3O. The van der Waals surface area contributed by atoms with Gasteiger partial charge >= 0.3 is 0 Å². The van der Waals surface area contributed by atoms with E-state index >= 15 is 0 Å². The van der Waals surface area contributed by atoms with Crippen LogP contribution in [0.25, 0.3) is 0 Å². The molecular formula is C21H32O3. The molecular weight excluding hydrogens is 300 g/mol. The average molecular weight is 332 g/mol. The van der Waals surface area contributed by atoms with E-state index < -0.39 is 6.10 Å². The summed E-state index contributed by atoms with van der Waals surface area (Å²) in [5.41, 5.74) is 1.50. The Morgan fingerprint density at radius 2 is 1.83 bits per heavy atom. The van der Waals surface area contributed by atoms with Gasteiger partial charge in [-0.25, -0.2) is 0 Å². The second kappa shape index (κ2) is 5.41. The summed E-state index contributed by atoms with van der Waals surface area (Å²) in [7, 11) is 0. The minimum Gasteiger partial charge on any atom is -0.393 e. The van der Waals surface area contributed by atoms with Crippen LogP contribution in [0.3, 0.4) is 0 Å². The lowest BCUT2D eigenvalue weighted by atomic mass is 9.46. The molecule has 4 rings (SSSR count). The zero-order valence-electron chi connectivity index (χ0n) is 15.3. The topological polar surface area (TPSA) is 57.5 Å². The molecule has 134 valence electrons. The molecule has 0 aromatic rings. The number of rotatable bonds is 1. The van der Waals surface area contributed by atoms with E-state index in [2.05, 4.69) is 19.9 Å². The molecule has 2 N–H and O–H groups in total. The summed E-state index contributed by atoms with van der Waals surface area (Å²) >= 11 is 0. The maximum Gasteiger partial charge on any atom is 0.133 e. The molecule has 0 radical (unpaired) electrons. The predicted molar refractivity (Wildman–Crippen MR) is 93.3 cm³/mol. The summed E-state index contributed by atoms with van der Waals surface area (Å²) in [5.74, 6) is 1.77. The third kappa shape index (κ3) is 2.13. The van der Waals surface area contributed by atoms with Gasteiger partial charge in [-0.2, -0.15) is 0 Å². The summed E-state index contributed by atoms with van der Waals surface area (Å²) < 4.78 is 0. The van der Waals surface area contributed by atoms with E-state index in [1.54, 1.807) is 6.92 Å². The van der Waals surface area contributed by atoms with E-state index in [-0.39, 0.29) is 28.8 Å². The van der Waals surface area contributed by atoms with Crippen molar-refractivity contribution in [3.05, 3.63) is 11.6 Å². The largest absolute Gasteiger partial charge is 0.393 e. The highest BCUT2D eigenvalue weighted by Crippen LogP contribution is 2.66. The van der Waals surface area contributed by atoms with Gasteiger partial charge in [0.25, 0.3) is 0 Å². The van der Waals surface area contributed by atoms with Crippen LogP contribution in [-0.2, 0) is 4.79 Å². The van der Waals surface area contributed by atoms with Crippen LogP contribution in [0.2, 0.25) is 0 Å². The Hall–Kier alpha value is -0.670. The molecule has 8 atom stereocenters. The van der Waals surface area contributed by atoms with Crippen molar-refractivity contribution in [3.63, 3.8) is 0 Å². The van der Waals surface area contributed by atoms with Gasteiger partial charge in [0.05, 0.1) is 12.2 Å². The van der Waals surface area contributed by atoms with Gasteiger partial charge in [-0.15, -0.1) is 0 Å². The molecule has 0 spiro atoms. The fourth-order valence-corrected chi connectivity index (χ4v) is 7.30. The number of fused-ring (bicyclic) bond motifs is 5. The van der Waals surface area contributed by atoms with Gasteiger partial charge < -0.3 is 10.2 Å². The lowest BCUT2D eigenvalue weighted by molar-refractivity contribution is -0.130. The summed E-state index contributed by atoms with van der Waals surface area (Å²) in [6.45, 7) is 6.43. The lowest BCUT2D eigenvalue weighted by Crippen LogP contribution is -2.55. The van der Waals surface area contributed by atoms with Crippen LogP contribution >= 0.6 is 0 Å². The fraction of sp³-hybridized carbons (Fsp3) is 0.857. The first-order chi connectivity index (χ1) is 11.3. The molecule has 4 aliphatic carbocycles. The van der Waals surface area contributed by atoms with E-state index in [4.69, 9.17) is 0 Å². The van der Waals surface area contributed by atoms with E-state index in [1.165, 1.54) is 5.57 Å². The van der Waals surface area contributed by atoms with Crippen LogP contribution in [0, 0.1) is 34.5 Å². The third-order valence-electron chi connectivity index (χ3n) is 8.59. The van der Waals surface area contributed by atoms with Gasteiger partial charge in [0.15, 0.2) is 0 Å². The average Bonchev–Trinajstić information content (AvgIpc) is 2.86. The quantitative estimate of drug-likeness (QED) is 0.723. The molecule has 3 heteroatoms. The number of aliphatic hydroxyl groups is 2. The zero-order chi connectivity index (χ0) is 17.3. The number of Topliss-reactive ketones (excluding diaryl/α,β-unsaturated/α-hetero) is 1. The molecule has 3 saturated carbocycles. The number of ketones is 1. The first kappa shape index (κ1) is 16.8. The predicted octanol–water partition coefficient (Wildman–Crippen LogP) is 3.49. The number of aliphatic hydroxyl groups excluding tert-OH is 2. The minimum absolute atomic E-state index is 0.0733. The van der Waals surface area contributed by atoms with Crippen molar-refractivity contribution in [2.75, 3.05) is 0 Å². The molecule has 0 bridgehead atoms. The van der Waals surface area contributed by atoms with E-state index in [0.717, 1.165) is 44.9 Å². The van der Waals surface area contributed by atoms with Crippen LogP contribution in [0.1, 0.15) is 65.7 Å². The van der Waals surface area contributed by atoms with Crippen molar-refractivity contribution in [1.29, 1.82) is 0 Å². The minimum atomic E-state index is -0.404. The van der Waals surface area contributed by atoms with Gasteiger partial charge in [-0.3, -0.25) is 4.79 Å². The van der Waals surface area contributed by atoms with E-state index in [0.29, 0.717) is 17.6 Å². The summed E-state index contributed by atoms with van der Waals surface area (Å²) in [6, 6.07) is 0. The first-order valence-electron chi connectivity index (χ1n) is 9.85. The Labute approximate surface area is 145 Å². The van der Waals surface area contributed by atoms with Crippen molar-refractivity contribution in [3.8, 4) is 0 Å². The summed E-state index contributed by atoms with van der Waals surface area (Å²) in [6.07, 6.45) is 8.39. The Bertz CT molecular complexity index is 582. The molecule has 0 heterocycles. The van der Waals surface area contributed by atoms with Crippen LogP contribution in [0.15, 0.2) is 11.6 Å². The van der Waals surface area contributed by atoms with Crippen molar-refractivity contribution in [2.24, 2.45) is 34.5 Å². The highest BCUT2D eigenvalue weighted by molar-refractivity contribution is 5.79. The van der Waals surface area contributed by atoms with Crippen LogP contribution in [-0.4, -0.2) is 28.2 Å². The first-order valence-corrected chi connectivity index (χ1v) is 9.85. The third-order valence-corrected chi connectivity index (χ3v) is 8.59. The van der Waals surface area contributed by atoms with Crippen molar-refractivity contribution >= 4 is 5.78 Å². The number of hydrogen-bond acceptors (Lipinski definition) is 3. The maximum atomic E-state index is 12.2. The molecule has 0 aromatic heterocycles. The monoisotopic (exact) mass is 332 g/mol. The Balaban J connectivity index is 1.71. The smallest absolute Gasteiger partial charge is 0.133 e. The Morgan fingerprint density at radius 3 is 2.54 bits per heavy atom. The van der Waals surface area contributed by atoms with E-state index in [1.807, 2.05) is 0 Å². The van der Waals surface area contributed by atoms with Crippen LogP contribution in [0.5, 0.6) is 0 Å². The van der Waals surface area contributed by atoms with Crippen LogP contribution < -0.4 is 0 Å². The Kier molecular flexibility index (Phi) is 3.78. The van der Waals surface area contributed by atoms with Gasteiger partial charge in [0.1, 0.15) is 5.78 Å². The highest BCUT2D eigenvalue weighted by atomic mass is 16.3. The van der Waals surface area contributed by atoms with Crippen molar-refractivity contribution in [1.82, 2.24) is 0 Å². The van der Waals surface area contributed by atoms with Gasteiger partial charge in [-0.1, -0.05) is 25.5 Å². The van der Waals surface area contributed by atoms with E-state index in [9.17, 15) is 15.0 Å². The highest BCUT2D eigenvalue weighted by Gasteiger charge is 2.61. The molecule has 3 fully saturated rings. The second-order valence-corrected chi connectivity index (χ2v) is 9.57. The van der Waals surface area contributed by atoms with Gasteiger partial charge in [-0.05, 0) is 80.5 Å². The zero-order valence-corrected chi connectivity index (χ0v) is 15.3. The van der Waals surface area contributed by atoms with Crippen molar-refractivity contribution < 1.29 is 15.0 Å². The lowest BCUT2D eigenvalue weighted by Gasteiger charge is -2.59. The summed E-state index contributed by atoms with van der Waals surface area (Å²) in [5, 5.41) is 21.1. The van der Waals surface area contributed by atoms with Gasteiger partial charge in [0.2, 0.25) is 0 Å². The normalized spacial score (nSPS) is 53.6. The molecule has 0 saturated heterocycles. The Morgan fingerprint density at radius 1 is 1.08 bits per heavy atom. The standard InChI is InChI=1S/C21H32O3/c1-12(22)15-4-5-16-19-17(7-9-21(15,16)3)20(2)8-6-14(23)10-13(20)11-18(19)24/h11,14-19,23-24H,4-10H2,1-3H3/t14-,15?,16?,17?,18+,19?,20?,21?/m0/s1. The van der Waals surface area contributed by atoms with Crippen LogP contribution in [0.4, 0.5) is 0 Å². The maximum absolute atomic E-state index is 12.2. The molecule has 3 nitrogen and oxygen atoms in total. The molecule has 0 amide bonds. The number of hydrogen-bond donors (Lipinski definition) is 2. The molecule has 24 heavy (non-hydrogen) atoms. The fourth-order valence-electron chi connectivity index (χ4n) is 7.30.